The standard InChI is InChI=1S/C34H25ClN2O5/c1-18-13-21-14-24(18)31-30(21)32(39)37(33(31)40)23-10-7-19(8-11-23)28-16-26(25-15-22(35)9-12-27(25)36-28)34(41)42-17-29(38)20-5-3-2-4-6-20/h2-13,15-16,21,24,30-31H,14,17H2,1H3. The summed E-state index contributed by atoms with van der Waals surface area (Å²) in [7, 11) is 0. The second kappa shape index (κ2) is 10.0. The van der Waals surface area contributed by atoms with Crippen molar-refractivity contribution in [1.82, 2.24) is 4.98 Å². The van der Waals surface area contributed by atoms with Crippen molar-refractivity contribution in [3.05, 3.63) is 107 Å². The highest BCUT2D eigenvalue weighted by Gasteiger charge is 2.60. The number of rotatable bonds is 6. The zero-order chi connectivity index (χ0) is 29.1. The van der Waals surface area contributed by atoms with Crippen molar-refractivity contribution in [2.75, 3.05) is 11.5 Å². The number of carbonyl (C=O) groups is 4. The van der Waals surface area contributed by atoms with Crippen molar-refractivity contribution in [3.8, 4) is 11.3 Å². The van der Waals surface area contributed by atoms with Gasteiger partial charge < -0.3 is 4.74 Å². The van der Waals surface area contributed by atoms with Crippen LogP contribution in [0.15, 0.2) is 90.5 Å². The van der Waals surface area contributed by atoms with Gasteiger partial charge in [-0.25, -0.2) is 9.78 Å². The number of ether oxygens (including phenoxy) is 1. The number of aromatic nitrogens is 1. The van der Waals surface area contributed by atoms with E-state index in [1.165, 1.54) is 10.5 Å². The minimum Gasteiger partial charge on any atom is -0.454 e. The van der Waals surface area contributed by atoms with Gasteiger partial charge in [-0.3, -0.25) is 19.3 Å². The number of anilines is 1. The van der Waals surface area contributed by atoms with E-state index < -0.39 is 12.6 Å². The number of hydrogen-bond donors (Lipinski definition) is 0. The second-order valence-electron chi connectivity index (χ2n) is 11.1. The molecule has 1 aliphatic heterocycles. The first-order valence-electron chi connectivity index (χ1n) is 13.8. The number of esters is 1. The number of nitrogens with zero attached hydrogens (tertiary/aromatic N) is 2. The largest absolute Gasteiger partial charge is 0.454 e. The summed E-state index contributed by atoms with van der Waals surface area (Å²) in [5, 5.41) is 0.928. The predicted octanol–water partition coefficient (Wildman–Crippen LogP) is 6.30. The number of benzene rings is 3. The Hall–Kier alpha value is -4.62. The molecular formula is C34H25ClN2O5. The van der Waals surface area contributed by atoms with E-state index in [-0.39, 0.29) is 46.8 Å². The van der Waals surface area contributed by atoms with Gasteiger partial charge in [0, 0.05) is 21.5 Å². The minimum atomic E-state index is -0.676. The third-order valence-corrected chi connectivity index (χ3v) is 8.96. The molecule has 3 aliphatic rings. The molecule has 2 heterocycles. The third kappa shape index (κ3) is 4.23. The number of ketones is 1. The molecule has 208 valence electrons. The first-order chi connectivity index (χ1) is 20.3. The molecule has 7 nitrogen and oxygen atoms in total. The second-order valence-corrected chi connectivity index (χ2v) is 11.5. The maximum absolute atomic E-state index is 13.4. The number of Topliss-reactive ketones (excluding diaryl/α,β-unsaturated/α-hetero) is 1. The lowest BCUT2D eigenvalue weighted by molar-refractivity contribution is -0.123. The molecule has 4 atom stereocenters. The molecule has 0 radical (unpaired) electrons. The summed E-state index contributed by atoms with van der Waals surface area (Å²) < 4.78 is 5.41. The summed E-state index contributed by atoms with van der Waals surface area (Å²) in [5.74, 6) is -1.52. The van der Waals surface area contributed by atoms with Gasteiger partial charge in [0.05, 0.1) is 34.3 Å². The van der Waals surface area contributed by atoms with E-state index in [2.05, 4.69) is 6.08 Å². The van der Waals surface area contributed by atoms with Crippen molar-refractivity contribution >= 4 is 51.8 Å². The summed E-state index contributed by atoms with van der Waals surface area (Å²) in [6, 6.07) is 22.3. The monoisotopic (exact) mass is 576 g/mol. The molecule has 4 aromatic rings. The molecule has 8 heteroatoms. The molecule has 2 amide bonds. The van der Waals surface area contributed by atoms with Crippen LogP contribution in [0.3, 0.4) is 0 Å². The third-order valence-electron chi connectivity index (χ3n) is 8.72. The average molecular weight is 577 g/mol. The number of allylic oxidation sites excluding steroid dienone is 2. The lowest BCUT2D eigenvalue weighted by Gasteiger charge is -2.19. The summed E-state index contributed by atoms with van der Waals surface area (Å²) in [6.45, 7) is 1.64. The Bertz CT molecular complexity index is 1830. The Labute approximate surface area is 246 Å². The Balaban J connectivity index is 1.17. The number of hydrogen-bond acceptors (Lipinski definition) is 6. The number of halogens is 1. The van der Waals surface area contributed by atoms with Crippen LogP contribution >= 0.6 is 11.6 Å². The molecule has 1 aromatic heterocycles. The van der Waals surface area contributed by atoms with Gasteiger partial charge in [0.15, 0.2) is 12.4 Å². The van der Waals surface area contributed by atoms with E-state index in [0.29, 0.717) is 38.4 Å². The minimum absolute atomic E-state index is 0.131. The van der Waals surface area contributed by atoms with E-state index in [1.54, 1.807) is 78.9 Å². The summed E-state index contributed by atoms with van der Waals surface area (Å²) in [6.07, 6.45) is 3.04. The molecule has 0 N–H and O–H groups in total. The molecule has 1 saturated heterocycles. The highest BCUT2D eigenvalue weighted by molar-refractivity contribution is 6.31. The Morgan fingerprint density at radius 1 is 0.952 bits per heavy atom. The summed E-state index contributed by atoms with van der Waals surface area (Å²) in [5.41, 5.74) is 4.10. The van der Waals surface area contributed by atoms with Crippen LogP contribution < -0.4 is 4.90 Å². The molecule has 2 aliphatic carbocycles. The smallest absolute Gasteiger partial charge is 0.339 e. The fourth-order valence-corrected chi connectivity index (χ4v) is 6.91. The number of fused-ring (bicyclic) bond motifs is 6. The van der Waals surface area contributed by atoms with E-state index in [1.807, 2.05) is 6.92 Å². The van der Waals surface area contributed by atoms with Crippen molar-refractivity contribution in [2.24, 2.45) is 23.7 Å². The lowest BCUT2D eigenvalue weighted by atomic mass is 9.82. The van der Waals surface area contributed by atoms with Crippen LogP contribution in [0, 0.1) is 23.7 Å². The van der Waals surface area contributed by atoms with Crippen LogP contribution in [0.4, 0.5) is 5.69 Å². The van der Waals surface area contributed by atoms with Crippen LogP contribution in [-0.4, -0.2) is 35.2 Å². The van der Waals surface area contributed by atoms with Crippen molar-refractivity contribution in [3.63, 3.8) is 0 Å². The van der Waals surface area contributed by atoms with E-state index in [0.717, 1.165) is 6.42 Å². The highest BCUT2D eigenvalue weighted by atomic mass is 35.5. The van der Waals surface area contributed by atoms with E-state index in [9.17, 15) is 19.2 Å². The zero-order valence-corrected chi connectivity index (χ0v) is 23.4. The van der Waals surface area contributed by atoms with Gasteiger partial charge in [0.25, 0.3) is 0 Å². The van der Waals surface area contributed by atoms with Crippen molar-refractivity contribution in [1.29, 1.82) is 0 Å². The predicted molar refractivity (Wildman–Crippen MR) is 158 cm³/mol. The summed E-state index contributed by atoms with van der Waals surface area (Å²) >= 11 is 6.23. The number of amides is 2. The van der Waals surface area contributed by atoms with Crippen LogP contribution in [0.2, 0.25) is 5.02 Å². The van der Waals surface area contributed by atoms with Gasteiger partial charge in [0.2, 0.25) is 11.8 Å². The Kier molecular flexibility index (Phi) is 6.28. The van der Waals surface area contributed by atoms with Gasteiger partial charge in [-0.05, 0) is 61.6 Å². The first kappa shape index (κ1) is 26.3. The maximum Gasteiger partial charge on any atom is 0.339 e. The average Bonchev–Trinajstić information content (AvgIpc) is 3.65. The Morgan fingerprint density at radius 3 is 2.45 bits per heavy atom. The van der Waals surface area contributed by atoms with Gasteiger partial charge in [-0.15, -0.1) is 0 Å². The molecule has 3 aromatic carbocycles. The fraction of sp³-hybridized carbons (Fsp3) is 0.206. The van der Waals surface area contributed by atoms with Gasteiger partial charge in [0.1, 0.15) is 0 Å². The van der Waals surface area contributed by atoms with Crippen LogP contribution in [0.25, 0.3) is 22.2 Å². The molecule has 2 bridgehead atoms. The topological polar surface area (TPSA) is 93.6 Å². The molecule has 0 spiro atoms. The summed E-state index contributed by atoms with van der Waals surface area (Å²) in [4.78, 5) is 58.5. The van der Waals surface area contributed by atoms with Gasteiger partial charge >= 0.3 is 5.97 Å². The van der Waals surface area contributed by atoms with Crippen LogP contribution in [0.5, 0.6) is 0 Å². The fourth-order valence-electron chi connectivity index (χ4n) is 6.74. The maximum atomic E-state index is 13.4. The van der Waals surface area contributed by atoms with Gasteiger partial charge in [-0.2, -0.15) is 0 Å². The SMILES string of the molecule is CC1=CC2CC1C1C(=O)N(c3ccc(-c4cc(C(=O)OCC(=O)c5ccccc5)c5cc(Cl)ccc5n4)cc3)C(=O)C21. The quantitative estimate of drug-likeness (QED) is 0.116. The zero-order valence-electron chi connectivity index (χ0n) is 22.6. The van der Waals surface area contributed by atoms with E-state index in [4.69, 9.17) is 21.3 Å². The first-order valence-corrected chi connectivity index (χ1v) is 14.2. The highest BCUT2D eigenvalue weighted by Crippen LogP contribution is 2.55. The van der Waals surface area contributed by atoms with Crippen molar-refractivity contribution < 1.29 is 23.9 Å². The number of carbonyl (C=O) groups excluding carboxylic acids is 4. The van der Waals surface area contributed by atoms with Crippen molar-refractivity contribution in [2.45, 2.75) is 13.3 Å². The van der Waals surface area contributed by atoms with E-state index >= 15 is 0 Å². The van der Waals surface area contributed by atoms with Crippen LogP contribution in [0.1, 0.15) is 34.1 Å². The molecule has 2 fully saturated rings. The van der Waals surface area contributed by atoms with Crippen LogP contribution in [-0.2, 0) is 14.3 Å². The lowest BCUT2D eigenvalue weighted by Crippen LogP contribution is -2.32. The van der Waals surface area contributed by atoms with Gasteiger partial charge in [-0.1, -0.05) is 65.7 Å². The molecule has 1 saturated carbocycles. The Morgan fingerprint density at radius 2 is 1.69 bits per heavy atom. The molecule has 4 unspecified atom stereocenters. The molecule has 7 rings (SSSR count). The molecular weight excluding hydrogens is 552 g/mol. The molecule has 42 heavy (non-hydrogen) atoms. The number of imide groups is 1. The number of pyridine rings is 1. The normalized spacial score (nSPS) is 22.4.